The van der Waals surface area contributed by atoms with E-state index in [2.05, 4.69) is 9.55 Å². The summed E-state index contributed by atoms with van der Waals surface area (Å²) in [4.78, 5) is 15.9. The molecule has 2 N–H and O–H groups in total. The number of aromatic nitrogens is 3. The van der Waals surface area contributed by atoms with Crippen LogP contribution < -0.4 is 5.73 Å². The summed E-state index contributed by atoms with van der Waals surface area (Å²) in [7, 11) is -0.628. The van der Waals surface area contributed by atoms with E-state index in [1.807, 2.05) is 6.20 Å². The number of amides is 1. The average molecular weight is 351 g/mol. The molecule has 0 unspecified atom stereocenters. The summed E-state index contributed by atoms with van der Waals surface area (Å²) in [6.07, 6.45) is 6.48. The number of imidazole rings is 1. The van der Waals surface area contributed by atoms with Crippen LogP contribution >= 0.6 is 0 Å². The summed E-state index contributed by atoms with van der Waals surface area (Å²) in [5, 5.41) is 0. The maximum atomic E-state index is 12.7. The van der Waals surface area contributed by atoms with Crippen LogP contribution in [0.5, 0.6) is 0 Å². The Bertz CT molecular complexity index is 858. The molecule has 2 aromatic heterocycles. The van der Waals surface area contributed by atoms with Crippen molar-refractivity contribution in [3.63, 3.8) is 0 Å². The number of nitrogens with two attached hydrogens (primary N) is 1. The molecule has 0 saturated carbocycles. The van der Waals surface area contributed by atoms with E-state index in [0.29, 0.717) is 0 Å². The first-order chi connectivity index (χ1) is 11.3. The molecule has 9 heteroatoms. The molecule has 130 valence electrons. The predicted molar refractivity (Wildman–Crippen MR) is 87.7 cm³/mol. The van der Waals surface area contributed by atoms with E-state index in [9.17, 15) is 13.2 Å². The van der Waals surface area contributed by atoms with Gasteiger partial charge in [-0.3, -0.25) is 4.79 Å². The molecule has 0 aliphatic carbocycles. The molecule has 1 amide bonds. The number of nitrogens with zero attached hydrogens (tertiary/aromatic N) is 4. The third-order valence-electron chi connectivity index (χ3n) is 4.28. The van der Waals surface area contributed by atoms with Gasteiger partial charge in [-0.05, 0) is 18.9 Å². The zero-order valence-corrected chi connectivity index (χ0v) is 14.6. The molecule has 3 rings (SSSR count). The lowest BCUT2D eigenvalue weighted by Crippen LogP contribution is -2.26. The Morgan fingerprint density at radius 3 is 2.75 bits per heavy atom. The molecule has 0 aromatic carbocycles. The normalized spacial score (nSPS) is 14.8. The zero-order valence-electron chi connectivity index (χ0n) is 13.8. The zero-order chi connectivity index (χ0) is 17.5. The number of hydrogen-bond donors (Lipinski definition) is 1. The number of hydrogen-bond acceptors (Lipinski definition) is 4. The maximum absolute atomic E-state index is 12.7. The van der Waals surface area contributed by atoms with Gasteiger partial charge in [-0.2, -0.15) is 4.31 Å². The highest BCUT2D eigenvalue weighted by Crippen LogP contribution is 2.20. The minimum absolute atomic E-state index is 0.0465. The van der Waals surface area contributed by atoms with Crippen molar-refractivity contribution < 1.29 is 13.2 Å². The second-order valence-electron chi connectivity index (χ2n) is 6.10. The summed E-state index contributed by atoms with van der Waals surface area (Å²) < 4.78 is 30.1. The Morgan fingerprint density at radius 1 is 1.38 bits per heavy atom. The first kappa shape index (κ1) is 16.7. The summed E-state index contributed by atoms with van der Waals surface area (Å²) in [6, 6.07) is 1.30. The van der Waals surface area contributed by atoms with Gasteiger partial charge in [0.05, 0.1) is 12.2 Å². The van der Waals surface area contributed by atoms with Gasteiger partial charge in [-0.25, -0.2) is 13.4 Å². The van der Waals surface area contributed by atoms with Crippen molar-refractivity contribution in [3.05, 3.63) is 35.7 Å². The standard InChI is InChI=1S/C15H21N5O3S/c1-18-10-12(7-13(18)15(16)21)24(22,23)19(2)8-11-9-20-6-4-3-5-14(20)17-11/h7,9-10H,3-6,8H2,1-2H3,(H2,16,21). The van der Waals surface area contributed by atoms with Crippen LogP contribution in [0.3, 0.4) is 0 Å². The van der Waals surface area contributed by atoms with Crippen molar-refractivity contribution in [2.24, 2.45) is 12.8 Å². The second kappa shape index (κ2) is 6.06. The van der Waals surface area contributed by atoms with Gasteiger partial charge in [-0.1, -0.05) is 0 Å². The Morgan fingerprint density at radius 2 is 2.12 bits per heavy atom. The summed E-state index contributed by atoms with van der Waals surface area (Å²) in [6.45, 7) is 1.11. The van der Waals surface area contributed by atoms with Crippen LogP contribution in [0.25, 0.3) is 0 Å². The van der Waals surface area contributed by atoms with Crippen LogP contribution in [0, 0.1) is 0 Å². The highest BCUT2D eigenvalue weighted by Gasteiger charge is 2.25. The van der Waals surface area contributed by atoms with Crippen molar-refractivity contribution in [1.29, 1.82) is 0 Å². The van der Waals surface area contributed by atoms with Gasteiger partial charge < -0.3 is 14.9 Å². The second-order valence-corrected chi connectivity index (χ2v) is 8.14. The van der Waals surface area contributed by atoms with Gasteiger partial charge in [0.2, 0.25) is 10.0 Å². The summed E-state index contributed by atoms with van der Waals surface area (Å²) >= 11 is 0. The van der Waals surface area contributed by atoms with Crippen LogP contribution in [0.15, 0.2) is 23.4 Å². The molecule has 0 radical (unpaired) electrons. The van der Waals surface area contributed by atoms with E-state index >= 15 is 0 Å². The minimum atomic E-state index is -3.72. The molecule has 24 heavy (non-hydrogen) atoms. The molecule has 0 fully saturated rings. The largest absolute Gasteiger partial charge is 0.364 e. The summed E-state index contributed by atoms with van der Waals surface area (Å²) in [5.74, 6) is 0.348. The first-order valence-electron chi connectivity index (χ1n) is 7.76. The Labute approximate surface area is 140 Å². The van der Waals surface area contributed by atoms with Crippen molar-refractivity contribution >= 4 is 15.9 Å². The van der Waals surface area contributed by atoms with Gasteiger partial charge in [0.25, 0.3) is 5.91 Å². The monoisotopic (exact) mass is 351 g/mol. The van der Waals surface area contributed by atoms with Gasteiger partial charge in [0, 0.05) is 39.5 Å². The van der Waals surface area contributed by atoms with Crippen molar-refractivity contribution in [2.45, 2.75) is 37.2 Å². The number of fused-ring (bicyclic) bond motifs is 1. The number of primary amides is 1. The predicted octanol–water partition coefficient (Wildman–Crippen LogP) is 0.478. The molecule has 1 aliphatic rings. The average Bonchev–Trinajstić information content (AvgIpc) is 3.10. The van der Waals surface area contributed by atoms with E-state index in [-0.39, 0.29) is 17.1 Å². The number of carbonyl (C=O) groups is 1. The fourth-order valence-electron chi connectivity index (χ4n) is 2.96. The van der Waals surface area contributed by atoms with Crippen molar-refractivity contribution in [1.82, 2.24) is 18.4 Å². The van der Waals surface area contributed by atoms with E-state index in [4.69, 9.17) is 5.73 Å². The maximum Gasteiger partial charge on any atom is 0.265 e. The van der Waals surface area contributed by atoms with E-state index < -0.39 is 15.9 Å². The fourth-order valence-corrected chi connectivity index (χ4v) is 4.18. The van der Waals surface area contributed by atoms with Crippen LogP contribution in [0.2, 0.25) is 0 Å². The SMILES string of the molecule is CN(Cc1cn2c(n1)CCCC2)S(=O)(=O)c1cc(C(N)=O)n(C)c1. The first-order valence-corrected chi connectivity index (χ1v) is 9.20. The number of sulfonamides is 1. The molecule has 0 saturated heterocycles. The van der Waals surface area contributed by atoms with Crippen molar-refractivity contribution in [3.8, 4) is 0 Å². The van der Waals surface area contributed by atoms with Crippen LogP contribution in [-0.2, 0) is 36.6 Å². The fraction of sp³-hybridized carbons (Fsp3) is 0.467. The van der Waals surface area contributed by atoms with Crippen LogP contribution in [-0.4, -0.2) is 39.8 Å². The topological polar surface area (TPSA) is 103 Å². The molecule has 3 heterocycles. The van der Waals surface area contributed by atoms with Gasteiger partial charge in [-0.15, -0.1) is 0 Å². The van der Waals surface area contributed by atoms with E-state index in [1.54, 1.807) is 7.05 Å². The van der Waals surface area contributed by atoms with Crippen LogP contribution in [0.4, 0.5) is 0 Å². The Hall–Kier alpha value is -2.13. The summed E-state index contributed by atoms with van der Waals surface area (Å²) in [5.41, 5.74) is 6.12. The van der Waals surface area contributed by atoms with Crippen LogP contribution in [0.1, 0.15) is 34.8 Å². The Kier molecular flexibility index (Phi) is 4.22. The minimum Gasteiger partial charge on any atom is -0.364 e. The van der Waals surface area contributed by atoms with Crippen molar-refractivity contribution in [2.75, 3.05) is 7.05 Å². The number of carbonyl (C=O) groups excluding carboxylic acids is 1. The molecule has 2 aromatic rings. The molecular weight excluding hydrogens is 330 g/mol. The highest BCUT2D eigenvalue weighted by atomic mass is 32.2. The molecule has 0 bridgehead atoms. The van der Waals surface area contributed by atoms with Gasteiger partial charge >= 0.3 is 0 Å². The lowest BCUT2D eigenvalue weighted by atomic mass is 10.2. The molecule has 0 spiro atoms. The smallest absolute Gasteiger partial charge is 0.265 e. The molecule has 1 aliphatic heterocycles. The third kappa shape index (κ3) is 2.96. The molecule has 8 nitrogen and oxygen atoms in total. The van der Waals surface area contributed by atoms with Gasteiger partial charge in [0.15, 0.2) is 0 Å². The Balaban J connectivity index is 1.83. The number of aryl methyl sites for hydroxylation is 3. The van der Waals surface area contributed by atoms with E-state index in [0.717, 1.165) is 37.3 Å². The lowest BCUT2D eigenvalue weighted by molar-refractivity contribution is 0.0992. The van der Waals surface area contributed by atoms with Gasteiger partial charge in [0.1, 0.15) is 16.4 Å². The molecular formula is C15H21N5O3S. The quantitative estimate of drug-likeness (QED) is 0.846. The molecule has 0 atom stereocenters. The van der Waals surface area contributed by atoms with E-state index in [1.165, 1.54) is 28.2 Å². The third-order valence-corrected chi connectivity index (χ3v) is 6.05. The number of rotatable bonds is 5. The lowest BCUT2D eigenvalue weighted by Gasteiger charge is -2.14. The highest BCUT2D eigenvalue weighted by molar-refractivity contribution is 7.89.